The van der Waals surface area contributed by atoms with Crippen molar-refractivity contribution < 1.29 is 22.9 Å². The van der Waals surface area contributed by atoms with E-state index in [0.717, 1.165) is 12.8 Å². The SMILES string of the molecule is O=C(NCCS(=O)(=O)O)C1CCCCC1O. The molecule has 0 heterocycles. The molecular weight excluding hydrogens is 234 g/mol. The normalized spacial score (nSPS) is 26.4. The van der Waals surface area contributed by atoms with Crippen molar-refractivity contribution in [3.8, 4) is 0 Å². The van der Waals surface area contributed by atoms with E-state index in [0.29, 0.717) is 12.8 Å². The van der Waals surface area contributed by atoms with Crippen LogP contribution in [0.3, 0.4) is 0 Å². The second kappa shape index (κ2) is 5.60. The van der Waals surface area contributed by atoms with Crippen molar-refractivity contribution in [2.45, 2.75) is 31.8 Å². The average Bonchev–Trinajstić information content (AvgIpc) is 2.16. The first-order chi connectivity index (χ1) is 7.40. The molecule has 2 unspecified atom stereocenters. The molecule has 1 amide bonds. The van der Waals surface area contributed by atoms with E-state index in [1.807, 2.05) is 0 Å². The fraction of sp³-hybridized carbons (Fsp3) is 0.889. The summed E-state index contributed by atoms with van der Waals surface area (Å²) < 4.78 is 29.3. The van der Waals surface area contributed by atoms with E-state index < -0.39 is 27.9 Å². The van der Waals surface area contributed by atoms with Crippen LogP contribution in [0.15, 0.2) is 0 Å². The highest BCUT2D eigenvalue weighted by Crippen LogP contribution is 2.24. The van der Waals surface area contributed by atoms with Crippen molar-refractivity contribution in [3.63, 3.8) is 0 Å². The zero-order valence-electron chi connectivity index (χ0n) is 8.92. The number of carbonyl (C=O) groups excluding carboxylic acids is 1. The number of rotatable bonds is 4. The van der Waals surface area contributed by atoms with Gasteiger partial charge in [0.2, 0.25) is 5.91 Å². The summed E-state index contributed by atoms with van der Waals surface area (Å²) >= 11 is 0. The van der Waals surface area contributed by atoms with Crippen LogP contribution in [0.2, 0.25) is 0 Å². The van der Waals surface area contributed by atoms with E-state index in [-0.39, 0.29) is 12.5 Å². The standard InChI is InChI=1S/C9H17NO5S/c11-8-4-2-1-3-7(8)9(12)10-5-6-16(13,14)15/h7-8,11H,1-6H2,(H,10,12)(H,13,14,15). The predicted molar refractivity (Wildman–Crippen MR) is 57.4 cm³/mol. The largest absolute Gasteiger partial charge is 0.392 e. The molecule has 0 radical (unpaired) electrons. The van der Waals surface area contributed by atoms with Gasteiger partial charge >= 0.3 is 0 Å². The molecule has 0 spiro atoms. The summed E-state index contributed by atoms with van der Waals surface area (Å²) in [6.07, 6.45) is 2.40. The summed E-state index contributed by atoms with van der Waals surface area (Å²) in [6, 6.07) is 0. The fourth-order valence-electron chi connectivity index (χ4n) is 1.85. The van der Waals surface area contributed by atoms with Crippen LogP contribution in [-0.4, -0.2) is 42.4 Å². The first-order valence-electron chi connectivity index (χ1n) is 5.31. The molecule has 1 fully saturated rings. The van der Waals surface area contributed by atoms with Gasteiger partial charge in [0, 0.05) is 6.54 Å². The number of carbonyl (C=O) groups is 1. The lowest BCUT2D eigenvalue weighted by molar-refractivity contribution is -0.129. The monoisotopic (exact) mass is 251 g/mol. The Morgan fingerprint density at radius 3 is 2.50 bits per heavy atom. The van der Waals surface area contributed by atoms with E-state index in [2.05, 4.69) is 5.32 Å². The van der Waals surface area contributed by atoms with Crippen molar-refractivity contribution in [1.29, 1.82) is 0 Å². The van der Waals surface area contributed by atoms with Crippen molar-refractivity contribution in [2.75, 3.05) is 12.3 Å². The van der Waals surface area contributed by atoms with E-state index in [1.54, 1.807) is 0 Å². The molecule has 3 N–H and O–H groups in total. The van der Waals surface area contributed by atoms with Gasteiger partial charge in [-0.15, -0.1) is 0 Å². The van der Waals surface area contributed by atoms with Crippen LogP contribution in [0.5, 0.6) is 0 Å². The van der Waals surface area contributed by atoms with E-state index >= 15 is 0 Å². The first-order valence-corrected chi connectivity index (χ1v) is 6.92. The van der Waals surface area contributed by atoms with Crippen LogP contribution < -0.4 is 5.32 Å². The lowest BCUT2D eigenvalue weighted by Gasteiger charge is -2.26. The highest BCUT2D eigenvalue weighted by Gasteiger charge is 2.29. The molecule has 0 aliphatic heterocycles. The Bertz CT molecular complexity index is 340. The van der Waals surface area contributed by atoms with Crippen molar-refractivity contribution in [1.82, 2.24) is 5.32 Å². The Hall–Kier alpha value is -0.660. The smallest absolute Gasteiger partial charge is 0.266 e. The number of hydrogen-bond acceptors (Lipinski definition) is 4. The van der Waals surface area contributed by atoms with E-state index in [9.17, 15) is 18.3 Å². The third-order valence-corrected chi connectivity index (χ3v) is 3.45. The molecule has 1 aliphatic carbocycles. The molecule has 2 atom stereocenters. The maximum atomic E-state index is 11.5. The molecule has 6 nitrogen and oxygen atoms in total. The summed E-state index contributed by atoms with van der Waals surface area (Å²) in [5.41, 5.74) is 0. The zero-order chi connectivity index (χ0) is 12.2. The average molecular weight is 251 g/mol. The van der Waals surface area contributed by atoms with Crippen LogP contribution >= 0.6 is 0 Å². The third kappa shape index (κ3) is 4.46. The molecule has 94 valence electrons. The van der Waals surface area contributed by atoms with Crippen LogP contribution in [0.25, 0.3) is 0 Å². The second-order valence-electron chi connectivity index (χ2n) is 4.04. The molecule has 16 heavy (non-hydrogen) atoms. The minimum Gasteiger partial charge on any atom is -0.392 e. The minimum atomic E-state index is -4.04. The predicted octanol–water partition coefficient (Wildman–Crippen LogP) is -0.458. The van der Waals surface area contributed by atoms with Gasteiger partial charge in [-0.05, 0) is 12.8 Å². The lowest BCUT2D eigenvalue weighted by Crippen LogP contribution is -2.40. The maximum Gasteiger partial charge on any atom is 0.266 e. The highest BCUT2D eigenvalue weighted by atomic mass is 32.2. The van der Waals surface area contributed by atoms with Crippen molar-refractivity contribution in [2.24, 2.45) is 5.92 Å². The van der Waals surface area contributed by atoms with Crippen molar-refractivity contribution >= 4 is 16.0 Å². The van der Waals surface area contributed by atoms with Gasteiger partial charge in [0.25, 0.3) is 10.1 Å². The number of amides is 1. The van der Waals surface area contributed by atoms with Crippen molar-refractivity contribution in [3.05, 3.63) is 0 Å². The molecule has 1 rings (SSSR count). The summed E-state index contributed by atoms with van der Waals surface area (Å²) in [4.78, 5) is 11.5. The Morgan fingerprint density at radius 1 is 1.31 bits per heavy atom. The van der Waals surface area contributed by atoms with Gasteiger partial charge in [-0.1, -0.05) is 12.8 Å². The van der Waals surface area contributed by atoms with Gasteiger partial charge in [0.05, 0.1) is 17.8 Å². The highest BCUT2D eigenvalue weighted by molar-refractivity contribution is 7.85. The van der Waals surface area contributed by atoms with Crippen LogP contribution in [-0.2, 0) is 14.9 Å². The quantitative estimate of drug-likeness (QED) is 0.587. The van der Waals surface area contributed by atoms with E-state index in [4.69, 9.17) is 4.55 Å². The molecule has 0 aromatic heterocycles. The van der Waals surface area contributed by atoms with Gasteiger partial charge < -0.3 is 10.4 Å². The summed E-state index contributed by atoms with van der Waals surface area (Å²) in [5.74, 6) is -1.28. The Kier molecular flexibility index (Phi) is 4.69. The van der Waals surface area contributed by atoms with Crippen LogP contribution in [0.1, 0.15) is 25.7 Å². The second-order valence-corrected chi connectivity index (χ2v) is 5.61. The lowest BCUT2D eigenvalue weighted by atomic mass is 9.86. The number of hydrogen-bond donors (Lipinski definition) is 3. The molecule has 0 bridgehead atoms. The molecule has 1 aliphatic rings. The molecule has 0 aromatic carbocycles. The Balaban J connectivity index is 2.34. The van der Waals surface area contributed by atoms with Gasteiger partial charge in [-0.3, -0.25) is 9.35 Å². The summed E-state index contributed by atoms with van der Waals surface area (Å²) in [5, 5.41) is 12.0. The molecular formula is C9H17NO5S. The number of nitrogens with one attached hydrogen (secondary N) is 1. The van der Waals surface area contributed by atoms with Gasteiger partial charge in [-0.2, -0.15) is 8.42 Å². The number of aliphatic hydroxyl groups is 1. The summed E-state index contributed by atoms with van der Waals surface area (Å²) in [6.45, 7) is -0.124. The molecule has 1 saturated carbocycles. The Morgan fingerprint density at radius 2 is 1.94 bits per heavy atom. The van der Waals surface area contributed by atoms with Gasteiger partial charge in [0.15, 0.2) is 0 Å². The summed E-state index contributed by atoms with van der Waals surface area (Å²) in [7, 11) is -4.04. The van der Waals surface area contributed by atoms with Gasteiger partial charge in [0.1, 0.15) is 0 Å². The minimum absolute atomic E-state index is 0.124. The number of aliphatic hydroxyl groups excluding tert-OH is 1. The van der Waals surface area contributed by atoms with Crippen LogP contribution in [0, 0.1) is 5.92 Å². The first kappa shape index (κ1) is 13.4. The maximum absolute atomic E-state index is 11.5. The molecule has 0 saturated heterocycles. The van der Waals surface area contributed by atoms with Crippen LogP contribution in [0.4, 0.5) is 0 Å². The van der Waals surface area contributed by atoms with E-state index in [1.165, 1.54) is 0 Å². The third-order valence-electron chi connectivity index (χ3n) is 2.73. The Labute approximate surface area is 94.8 Å². The molecule has 7 heteroatoms. The zero-order valence-corrected chi connectivity index (χ0v) is 9.74. The topological polar surface area (TPSA) is 104 Å². The molecule has 0 aromatic rings. The van der Waals surface area contributed by atoms with Gasteiger partial charge in [-0.25, -0.2) is 0 Å². The fourth-order valence-corrected chi connectivity index (χ4v) is 2.21.